The topological polar surface area (TPSA) is 107 Å². The number of amides is 3. The second-order valence-corrected chi connectivity index (χ2v) is 7.35. The van der Waals surface area contributed by atoms with E-state index in [-0.39, 0.29) is 34.5 Å². The minimum Gasteiger partial charge on any atom is -0.545 e. The van der Waals surface area contributed by atoms with Crippen LogP contribution in [-0.2, 0) is 0 Å². The van der Waals surface area contributed by atoms with E-state index >= 15 is 0 Å². The first-order valence-corrected chi connectivity index (χ1v) is 9.60. The Morgan fingerprint density at radius 2 is 1.62 bits per heavy atom. The lowest BCUT2D eigenvalue weighted by atomic mass is 9.94. The van der Waals surface area contributed by atoms with Crippen molar-refractivity contribution in [3.05, 3.63) is 64.7 Å². The maximum Gasteiger partial charge on any atom is 0.261 e. The third-order valence-electron chi connectivity index (χ3n) is 5.48. The molecule has 0 bridgehead atoms. The van der Waals surface area contributed by atoms with Crippen molar-refractivity contribution >= 4 is 29.4 Å². The smallest absolute Gasteiger partial charge is 0.261 e. The molecule has 0 atom stereocenters. The number of nitrogens with zero attached hydrogens (tertiary/aromatic N) is 1. The Kier molecular flexibility index (Phi) is 4.88. The number of fused-ring (bicyclic) bond motifs is 1. The molecular formula is C22H19N2O5-. The number of rotatable bonds is 4. The monoisotopic (exact) mass is 391 g/mol. The number of anilines is 1. The average Bonchev–Trinajstić information content (AvgIpc) is 2.98. The molecule has 0 radical (unpaired) electrons. The molecule has 1 aliphatic carbocycles. The molecule has 1 saturated carbocycles. The molecule has 0 spiro atoms. The summed E-state index contributed by atoms with van der Waals surface area (Å²) in [5.74, 6) is -2.50. The zero-order chi connectivity index (χ0) is 20.5. The van der Waals surface area contributed by atoms with Crippen LogP contribution in [0.15, 0.2) is 42.5 Å². The van der Waals surface area contributed by atoms with Gasteiger partial charge in [0.2, 0.25) is 0 Å². The predicted octanol–water partition coefficient (Wildman–Crippen LogP) is 2.23. The number of carbonyl (C=O) groups excluding carboxylic acids is 4. The molecule has 7 nitrogen and oxygen atoms in total. The van der Waals surface area contributed by atoms with Gasteiger partial charge in [-0.15, -0.1) is 0 Å². The Morgan fingerprint density at radius 1 is 0.897 bits per heavy atom. The van der Waals surface area contributed by atoms with Crippen LogP contribution in [0.3, 0.4) is 0 Å². The van der Waals surface area contributed by atoms with Crippen LogP contribution in [0.1, 0.15) is 73.5 Å². The highest BCUT2D eigenvalue weighted by molar-refractivity contribution is 6.22. The van der Waals surface area contributed by atoms with Gasteiger partial charge in [-0.25, -0.2) is 0 Å². The van der Waals surface area contributed by atoms with E-state index in [1.807, 2.05) is 0 Å². The van der Waals surface area contributed by atoms with Gasteiger partial charge in [0.05, 0.1) is 17.1 Å². The van der Waals surface area contributed by atoms with Crippen molar-refractivity contribution in [2.75, 3.05) is 5.32 Å². The number of carbonyl (C=O) groups is 4. The van der Waals surface area contributed by atoms with Gasteiger partial charge in [-0.1, -0.05) is 31.4 Å². The Hall–Kier alpha value is -3.48. The molecular weight excluding hydrogens is 372 g/mol. The second kappa shape index (κ2) is 7.50. The van der Waals surface area contributed by atoms with E-state index in [0.717, 1.165) is 32.1 Å². The van der Waals surface area contributed by atoms with E-state index in [1.54, 1.807) is 6.07 Å². The second-order valence-electron chi connectivity index (χ2n) is 7.35. The molecule has 0 aromatic heterocycles. The SMILES string of the molecule is O=C([O-])c1cccc(NC(=O)c2ccc3c(c2)C(=O)N(C2CCCCC2)C3=O)c1. The molecule has 1 fully saturated rings. The number of hydrogen-bond acceptors (Lipinski definition) is 5. The van der Waals surface area contributed by atoms with Crippen LogP contribution in [0.4, 0.5) is 5.69 Å². The van der Waals surface area contributed by atoms with Gasteiger partial charge < -0.3 is 15.2 Å². The summed E-state index contributed by atoms with van der Waals surface area (Å²) in [5, 5.41) is 13.6. The van der Waals surface area contributed by atoms with Crippen molar-refractivity contribution in [1.29, 1.82) is 0 Å². The first kappa shape index (κ1) is 18.9. The van der Waals surface area contributed by atoms with E-state index in [9.17, 15) is 24.3 Å². The van der Waals surface area contributed by atoms with Crippen molar-refractivity contribution in [3.63, 3.8) is 0 Å². The standard InChI is InChI=1S/C22H20N2O5/c25-19(23-15-6-4-5-14(11-15)22(28)29)13-9-10-17-18(12-13)21(27)24(20(17)26)16-7-2-1-3-8-16/h4-6,9-12,16H,1-3,7-8H2,(H,23,25)(H,28,29)/p-1. The summed E-state index contributed by atoms with van der Waals surface area (Å²) in [4.78, 5) is 50.5. The Balaban J connectivity index is 1.56. The van der Waals surface area contributed by atoms with Crippen LogP contribution in [0.25, 0.3) is 0 Å². The lowest BCUT2D eigenvalue weighted by molar-refractivity contribution is -0.255. The van der Waals surface area contributed by atoms with Gasteiger partial charge in [-0.2, -0.15) is 0 Å². The summed E-state index contributed by atoms with van der Waals surface area (Å²) in [6, 6.07) is 10.0. The van der Waals surface area contributed by atoms with Crippen LogP contribution >= 0.6 is 0 Å². The molecule has 148 valence electrons. The van der Waals surface area contributed by atoms with Gasteiger partial charge in [0.15, 0.2) is 0 Å². The molecule has 0 unspecified atom stereocenters. The maximum atomic E-state index is 12.9. The van der Waals surface area contributed by atoms with E-state index in [4.69, 9.17) is 0 Å². The summed E-state index contributed by atoms with van der Waals surface area (Å²) < 4.78 is 0. The molecule has 7 heteroatoms. The fourth-order valence-electron chi connectivity index (χ4n) is 4.00. The third kappa shape index (κ3) is 3.51. The molecule has 1 aliphatic heterocycles. The van der Waals surface area contributed by atoms with E-state index < -0.39 is 11.9 Å². The highest BCUT2D eigenvalue weighted by Gasteiger charge is 2.40. The lowest BCUT2D eigenvalue weighted by Gasteiger charge is -2.29. The quantitative estimate of drug-likeness (QED) is 0.805. The molecule has 2 aromatic rings. The van der Waals surface area contributed by atoms with Crippen LogP contribution in [0.5, 0.6) is 0 Å². The van der Waals surface area contributed by atoms with Crippen molar-refractivity contribution < 1.29 is 24.3 Å². The van der Waals surface area contributed by atoms with Crippen LogP contribution in [0, 0.1) is 0 Å². The maximum absolute atomic E-state index is 12.9. The van der Waals surface area contributed by atoms with E-state index in [2.05, 4.69) is 5.32 Å². The van der Waals surface area contributed by atoms with Gasteiger partial charge >= 0.3 is 0 Å². The van der Waals surface area contributed by atoms with Crippen LogP contribution < -0.4 is 10.4 Å². The highest BCUT2D eigenvalue weighted by Crippen LogP contribution is 2.31. The molecule has 3 amide bonds. The predicted molar refractivity (Wildman–Crippen MR) is 103 cm³/mol. The minimum atomic E-state index is -1.34. The normalized spacial score (nSPS) is 16.6. The van der Waals surface area contributed by atoms with Crippen molar-refractivity contribution in [2.45, 2.75) is 38.1 Å². The summed E-state index contributed by atoms with van der Waals surface area (Å²) in [6.07, 6.45) is 4.73. The Bertz CT molecular complexity index is 1020. The fourth-order valence-corrected chi connectivity index (χ4v) is 4.00. The summed E-state index contributed by atoms with van der Waals surface area (Å²) in [7, 11) is 0. The number of nitrogens with one attached hydrogen (secondary N) is 1. The largest absolute Gasteiger partial charge is 0.545 e. The zero-order valence-electron chi connectivity index (χ0n) is 15.6. The van der Waals surface area contributed by atoms with Crippen LogP contribution in [-0.4, -0.2) is 34.6 Å². The van der Waals surface area contributed by atoms with Crippen molar-refractivity contribution in [3.8, 4) is 0 Å². The van der Waals surface area contributed by atoms with Gasteiger partial charge in [0, 0.05) is 17.3 Å². The van der Waals surface area contributed by atoms with Gasteiger partial charge in [-0.05, 0) is 48.7 Å². The number of carboxylic acids is 1. The molecule has 2 aliphatic rings. The zero-order valence-corrected chi connectivity index (χ0v) is 15.6. The fraction of sp³-hybridized carbons (Fsp3) is 0.273. The van der Waals surface area contributed by atoms with Crippen molar-refractivity contribution in [2.24, 2.45) is 0 Å². The molecule has 1 N–H and O–H groups in total. The molecule has 29 heavy (non-hydrogen) atoms. The molecule has 0 saturated heterocycles. The molecule has 1 heterocycles. The number of hydrogen-bond donors (Lipinski definition) is 1. The number of aromatic carboxylic acids is 1. The van der Waals surface area contributed by atoms with Gasteiger partial charge in [0.25, 0.3) is 17.7 Å². The summed E-state index contributed by atoms with van der Waals surface area (Å²) >= 11 is 0. The highest BCUT2D eigenvalue weighted by atomic mass is 16.4. The van der Waals surface area contributed by atoms with Gasteiger partial charge in [0.1, 0.15) is 0 Å². The lowest BCUT2D eigenvalue weighted by Crippen LogP contribution is -2.40. The molecule has 2 aromatic carbocycles. The average molecular weight is 391 g/mol. The minimum absolute atomic E-state index is 0.0550. The third-order valence-corrected chi connectivity index (χ3v) is 5.48. The first-order chi connectivity index (χ1) is 14.0. The van der Waals surface area contributed by atoms with E-state index in [0.29, 0.717) is 11.3 Å². The summed E-state index contributed by atoms with van der Waals surface area (Å²) in [5.41, 5.74) is 1.01. The molecule has 4 rings (SSSR count). The van der Waals surface area contributed by atoms with Crippen molar-refractivity contribution in [1.82, 2.24) is 4.90 Å². The number of imide groups is 1. The summed E-state index contributed by atoms with van der Waals surface area (Å²) in [6.45, 7) is 0. The number of carboxylic acid groups (broad SMARTS) is 1. The van der Waals surface area contributed by atoms with Gasteiger partial charge in [-0.3, -0.25) is 19.3 Å². The van der Waals surface area contributed by atoms with Crippen LogP contribution in [0.2, 0.25) is 0 Å². The number of benzene rings is 2. The Morgan fingerprint density at radius 3 is 2.34 bits per heavy atom. The first-order valence-electron chi connectivity index (χ1n) is 9.60. The Labute approximate surface area is 167 Å². The van der Waals surface area contributed by atoms with E-state index in [1.165, 1.54) is 41.3 Å².